The van der Waals surface area contributed by atoms with Gasteiger partial charge in [0.1, 0.15) is 23.1 Å². The Hall–Kier alpha value is -3.19. The molecule has 2 aromatic carbocycles. The number of likely N-dealkylation sites (tertiary alicyclic amines) is 1. The van der Waals surface area contributed by atoms with E-state index in [1.807, 2.05) is 0 Å². The Kier molecular flexibility index (Phi) is 6.86. The molecule has 1 unspecified atom stereocenters. The molecule has 1 aromatic heterocycles. The van der Waals surface area contributed by atoms with Crippen LogP contribution in [0.15, 0.2) is 53.1 Å². The molecule has 0 saturated carbocycles. The van der Waals surface area contributed by atoms with Gasteiger partial charge in [-0.05, 0) is 100 Å². The third-order valence-corrected chi connectivity index (χ3v) is 7.33. The molecule has 2 aliphatic rings. The summed E-state index contributed by atoms with van der Waals surface area (Å²) in [6.07, 6.45) is 4.71. The highest BCUT2D eigenvalue weighted by Gasteiger charge is 2.34. The Bertz CT molecular complexity index is 1200. The monoisotopic (exact) mass is 478 g/mol. The number of hydrogen-bond acceptors (Lipinski definition) is 5. The highest BCUT2D eigenvalue weighted by atomic mass is 19.1. The SMILES string of the molecule is O=C(c1ccc(F)cc1)C1CCN(CCCC2CCc3onc(-c4ccc(F)cc4)c3C2=O)CC1. The van der Waals surface area contributed by atoms with Gasteiger partial charge in [0.25, 0.3) is 0 Å². The van der Waals surface area contributed by atoms with Crippen molar-refractivity contribution in [1.29, 1.82) is 0 Å². The summed E-state index contributed by atoms with van der Waals surface area (Å²) in [6, 6.07) is 11.8. The molecule has 35 heavy (non-hydrogen) atoms. The Morgan fingerprint density at radius 2 is 1.63 bits per heavy atom. The lowest BCUT2D eigenvalue weighted by molar-refractivity contribution is 0.0825. The summed E-state index contributed by atoms with van der Waals surface area (Å²) >= 11 is 0. The van der Waals surface area contributed by atoms with Gasteiger partial charge in [0.2, 0.25) is 0 Å². The smallest absolute Gasteiger partial charge is 0.171 e. The summed E-state index contributed by atoms with van der Waals surface area (Å²) in [4.78, 5) is 28.3. The van der Waals surface area contributed by atoms with Gasteiger partial charge in [-0.25, -0.2) is 8.78 Å². The van der Waals surface area contributed by atoms with Crippen molar-refractivity contribution in [1.82, 2.24) is 10.1 Å². The molecule has 1 fully saturated rings. The highest BCUT2D eigenvalue weighted by Crippen LogP contribution is 2.35. The third-order valence-electron chi connectivity index (χ3n) is 7.33. The van der Waals surface area contributed by atoms with Crippen molar-refractivity contribution in [2.24, 2.45) is 11.8 Å². The van der Waals surface area contributed by atoms with Crippen molar-refractivity contribution in [3.8, 4) is 11.3 Å². The first-order valence-electron chi connectivity index (χ1n) is 12.3. The lowest BCUT2D eigenvalue weighted by Gasteiger charge is -2.31. The quantitative estimate of drug-likeness (QED) is 0.405. The van der Waals surface area contributed by atoms with E-state index >= 15 is 0 Å². The minimum absolute atomic E-state index is 0.0199. The Labute approximate surface area is 203 Å². The number of aromatic nitrogens is 1. The maximum atomic E-state index is 13.3. The van der Waals surface area contributed by atoms with Crippen molar-refractivity contribution in [2.75, 3.05) is 19.6 Å². The molecule has 5 nitrogen and oxygen atoms in total. The minimum Gasteiger partial charge on any atom is -0.360 e. The molecule has 0 radical (unpaired) electrons. The van der Waals surface area contributed by atoms with E-state index in [1.165, 1.54) is 24.3 Å². The first-order chi connectivity index (χ1) is 17.0. The first-order valence-corrected chi connectivity index (χ1v) is 12.3. The molecule has 0 N–H and O–H groups in total. The fourth-order valence-electron chi connectivity index (χ4n) is 5.30. The number of carbonyl (C=O) groups excluding carboxylic acids is 2. The molecule has 1 saturated heterocycles. The number of halogens is 2. The summed E-state index contributed by atoms with van der Waals surface area (Å²) in [7, 11) is 0. The maximum Gasteiger partial charge on any atom is 0.171 e. The number of fused-ring (bicyclic) bond motifs is 1. The average Bonchev–Trinajstić information content (AvgIpc) is 3.31. The van der Waals surface area contributed by atoms with E-state index in [1.54, 1.807) is 24.3 Å². The summed E-state index contributed by atoms with van der Waals surface area (Å²) in [5, 5.41) is 4.11. The van der Waals surface area contributed by atoms with Crippen LogP contribution >= 0.6 is 0 Å². The van der Waals surface area contributed by atoms with E-state index in [0.717, 1.165) is 51.7 Å². The molecule has 1 aliphatic carbocycles. The number of hydrogen-bond donors (Lipinski definition) is 0. The van der Waals surface area contributed by atoms with Crippen LogP contribution in [0, 0.1) is 23.5 Å². The van der Waals surface area contributed by atoms with Gasteiger partial charge < -0.3 is 9.42 Å². The van der Waals surface area contributed by atoms with Crippen LogP contribution in [0.5, 0.6) is 0 Å². The van der Waals surface area contributed by atoms with Crippen LogP contribution in [-0.2, 0) is 6.42 Å². The summed E-state index contributed by atoms with van der Waals surface area (Å²) < 4.78 is 31.9. The second-order valence-electron chi connectivity index (χ2n) is 9.57. The van der Waals surface area contributed by atoms with Gasteiger partial charge in [0.15, 0.2) is 11.6 Å². The first kappa shape index (κ1) is 23.5. The Morgan fingerprint density at radius 1 is 0.971 bits per heavy atom. The fraction of sp³-hybridized carbons (Fsp3) is 0.393. The molecule has 0 bridgehead atoms. The van der Waals surface area contributed by atoms with Gasteiger partial charge in [-0.15, -0.1) is 0 Å². The molecule has 7 heteroatoms. The fourth-order valence-corrected chi connectivity index (χ4v) is 5.30. The largest absolute Gasteiger partial charge is 0.360 e. The zero-order chi connectivity index (χ0) is 24.4. The molecule has 1 atom stereocenters. The van der Waals surface area contributed by atoms with Crippen molar-refractivity contribution < 1.29 is 22.9 Å². The molecule has 0 spiro atoms. The number of piperidine rings is 1. The number of rotatable bonds is 7. The zero-order valence-electron chi connectivity index (χ0n) is 19.5. The van der Waals surface area contributed by atoms with Crippen molar-refractivity contribution in [3.05, 3.63) is 77.1 Å². The minimum atomic E-state index is -0.334. The standard InChI is InChI=1S/C28H28F2N2O3/c29-22-8-3-18(4-9-22)26-25-24(35-31-26)12-7-19(28(25)34)2-1-15-32-16-13-21(14-17-32)27(33)20-5-10-23(30)11-6-20/h3-6,8-11,19,21H,1-2,7,12-17H2. The molecule has 5 rings (SSSR count). The Balaban J connectivity index is 1.12. The van der Waals surface area contributed by atoms with Gasteiger partial charge >= 0.3 is 0 Å². The normalized spacial score (nSPS) is 19.0. The lowest BCUT2D eigenvalue weighted by Crippen LogP contribution is -2.37. The summed E-state index contributed by atoms with van der Waals surface area (Å²) in [6.45, 7) is 2.59. The van der Waals surface area contributed by atoms with E-state index in [-0.39, 0.29) is 35.0 Å². The number of benzene rings is 2. The number of carbonyl (C=O) groups is 2. The van der Waals surface area contributed by atoms with E-state index in [4.69, 9.17) is 4.52 Å². The van der Waals surface area contributed by atoms with Gasteiger partial charge in [-0.1, -0.05) is 5.16 Å². The van der Waals surface area contributed by atoms with Crippen LogP contribution in [0.2, 0.25) is 0 Å². The second-order valence-corrected chi connectivity index (χ2v) is 9.57. The van der Waals surface area contributed by atoms with E-state index in [2.05, 4.69) is 10.1 Å². The van der Waals surface area contributed by atoms with Crippen LogP contribution in [0.1, 0.15) is 58.6 Å². The maximum absolute atomic E-state index is 13.3. The summed E-state index contributed by atoms with van der Waals surface area (Å²) in [5.41, 5.74) is 2.31. The molecule has 1 aliphatic heterocycles. The topological polar surface area (TPSA) is 63.4 Å². The van der Waals surface area contributed by atoms with Crippen LogP contribution in [-0.4, -0.2) is 41.3 Å². The third kappa shape index (κ3) is 5.10. The van der Waals surface area contributed by atoms with Gasteiger partial charge in [0, 0.05) is 29.4 Å². The van der Waals surface area contributed by atoms with Gasteiger partial charge in [0.05, 0.1) is 5.56 Å². The molecular weight excluding hydrogens is 450 g/mol. The van der Waals surface area contributed by atoms with Crippen LogP contribution in [0.3, 0.4) is 0 Å². The molecule has 0 amide bonds. The van der Waals surface area contributed by atoms with Gasteiger partial charge in [-0.3, -0.25) is 9.59 Å². The number of nitrogens with zero attached hydrogens (tertiary/aromatic N) is 2. The van der Waals surface area contributed by atoms with Crippen molar-refractivity contribution in [3.63, 3.8) is 0 Å². The Morgan fingerprint density at radius 3 is 2.31 bits per heavy atom. The van der Waals surface area contributed by atoms with Gasteiger partial charge in [-0.2, -0.15) is 0 Å². The average molecular weight is 479 g/mol. The number of Topliss-reactive ketones (excluding diaryl/α,β-unsaturated/α-hetero) is 2. The predicted molar refractivity (Wildman–Crippen MR) is 127 cm³/mol. The predicted octanol–water partition coefficient (Wildman–Crippen LogP) is 5.74. The molecule has 182 valence electrons. The van der Waals surface area contributed by atoms with Crippen LogP contribution < -0.4 is 0 Å². The molecule has 3 aromatic rings. The van der Waals surface area contributed by atoms with Crippen LogP contribution in [0.25, 0.3) is 11.3 Å². The number of aryl methyl sites for hydroxylation is 1. The molecular formula is C28H28F2N2O3. The van der Waals surface area contributed by atoms with Crippen LogP contribution in [0.4, 0.5) is 8.78 Å². The van der Waals surface area contributed by atoms with E-state index < -0.39 is 0 Å². The summed E-state index contributed by atoms with van der Waals surface area (Å²) in [5.74, 6) is 0.0268. The van der Waals surface area contributed by atoms with Crippen molar-refractivity contribution >= 4 is 11.6 Å². The van der Waals surface area contributed by atoms with Crippen molar-refractivity contribution in [2.45, 2.75) is 38.5 Å². The number of ketones is 2. The van der Waals surface area contributed by atoms with E-state index in [0.29, 0.717) is 34.6 Å². The second kappa shape index (κ2) is 10.2. The molecule has 2 heterocycles. The lowest BCUT2D eigenvalue weighted by atomic mass is 9.82. The van der Waals surface area contributed by atoms with E-state index in [9.17, 15) is 18.4 Å². The zero-order valence-corrected chi connectivity index (χ0v) is 19.5. The highest BCUT2D eigenvalue weighted by molar-refractivity contribution is 6.04.